The molecule has 0 radical (unpaired) electrons. The van der Waals surface area contributed by atoms with Crippen LogP contribution >= 0.6 is 0 Å². The van der Waals surface area contributed by atoms with Gasteiger partial charge in [0, 0.05) is 40.8 Å². The minimum Gasteiger partial charge on any atom is -0.493 e. The van der Waals surface area contributed by atoms with Gasteiger partial charge in [-0.05, 0) is 36.4 Å². The number of hydrogen-bond donors (Lipinski definition) is 2. The van der Waals surface area contributed by atoms with E-state index in [0.29, 0.717) is 29.1 Å². The molecule has 0 aliphatic carbocycles. The first-order valence-electron chi connectivity index (χ1n) is 8.55. The first-order chi connectivity index (χ1) is 13.2. The molecular weight excluding hydrogens is 342 g/mol. The molecule has 0 unspecified atom stereocenters. The number of fused-ring (bicyclic) bond motifs is 2. The van der Waals surface area contributed by atoms with Gasteiger partial charge in [-0.3, -0.25) is 9.78 Å². The van der Waals surface area contributed by atoms with E-state index < -0.39 is 0 Å². The van der Waals surface area contributed by atoms with Crippen molar-refractivity contribution in [2.45, 2.75) is 6.54 Å². The summed E-state index contributed by atoms with van der Waals surface area (Å²) in [7, 11) is 3.16. The molecule has 4 aromatic rings. The van der Waals surface area contributed by atoms with Crippen molar-refractivity contribution < 1.29 is 9.47 Å². The summed E-state index contributed by atoms with van der Waals surface area (Å²) >= 11 is 0. The smallest absolute Gasteiger partial charge is 0.253 e. The van der Waals surface area contributed by atoms with E-state index in [9.17, 15) is 4.79 Å². The fourth-order valence-corrected chi connectivity index (χ4v) is 3.16. The van der Waals surface area contributed by atoms with Gasteiger partial charge in [0.05, 0.1) is 25.3 Å². The lowest BCUT2D eigenvalue weighted by Gasteiger charge is -2.11. The molecule has 136 valence electrons. The quantitative estimate of drug-likeness (QED) is 0.567. The molecule has 2 N–H and O–H groups in total. The Morgan fingerprint density at radius 1 is 1.04 bits per heavy atom. The molecule has 2 heterocycles. The van der Waals surface area contributed by atoms with E-state index in [0.717, 1.165) is 22.0 Å². The van der Waals surface area contributed by atoms with Gasteiger partial charge in [-0.15, -0.1) is 0 Å². The van der Waals surface area contributed by atoms with Gasteiger partial charge in [-0.2, -0.15) is 0 Å². The molecule has 2 aromatic carbocycles. The van der Waals surface area contributed by atoms with Crippen LogP contribution in [-0.2, 0) is 6.54 Å². The molecule has 0 bridgehead atoms. The van der Waals surface area contributed by atoms with Crippen LogP contribution in [0.15, 0.2) is 59.5 Å². The van der Waals surface area contributed by atoms with Gasteiger partial charge in [0.15, 0.2) is 11.5 Å². The van der Waals surface area contributed by atoms with Crippen LogP contribution in [0.4, 0.5) is 5.69 Å². The molecule has 27 heavy (non-hydrogen) atoms. The monoisotopic (exact) mass is 361 g/mol. The zero-order valence-corrected chi connectivity index (χ0v) is 15.1. The summed E-state index contributed by atoms with van der Waals surface area (Å²) in [4.78, 5) is 19.8. The Morgan fingerprint density at radius 3 is 2.67 bits per heavy atom. The summed E-state index contributed by atoms with van der Waals surface area (Å²) in [6.07, 6.45) is 1.77. The van der Waals surface area contributed by atoms with E-state index in [2.05, 4.69) is 15.3 Å². The van der Waals surface area contributed by atoms with Crippen molar-refractivity contribution in [2.24, 2.45) is 0 Å². The van der Waals surface area contributed by atoms with Gasteiger partial charge in [-0.1, -0.05) is 6.07 Å². The van der Waals surface area contributed by atoms with E-state index in [1.54, 1.807) is 26.5 Å². The number of methoxy groups -OCH3 is 2. The van der Waals surface area contributed by atoms with Crippen LogP contribution in [0.5, 0.6) is 11.5 Å². The number of ether oxygens (including phenoxy) is 2. The molecule has 4 rings (SSSR count). The maximum Gasteiger partial charge on any atom is 0.253 e. The summed E-state index contributed by atoms with van der Waals surface area (Å²) in [5.74, 6) is 1.20. The molecule has 0 aliphatic rings. The maximum absolute atomic E-state index is 12.5. The van der Waals surface area contributed by atoms with Gasteiger partial charge in [0.25, 0.3) is 5.56 Å². The first-order valence-corrected chi connectivity index (χ1v) is 8.55. The summed E-state index contributed by atoms with van der Waals surface area (Å²) in [5.41, 5.74) is 3.05. The van der Waals surface area contributed by atoms with Gasteiger partial charge in [0.1, 0.15) is 0 Å². The summed E-state index contributed by atoms with van der Waals surface area (Å²) < 4.78 is 10.6. The summed E-state index contributed by atoms with van der Waals surface area (Å²) in [6.45, 7) is 0.396. The zero-order chi connectivity index (χ0) is 18.8. The van der Waals surface area contributed by atoms with Gasteiger partial charge in [-0.25, -0.2) is 0 Å². The third-order valence-corrected chi connectivity index (χ3v) is 4.54. The molecule has 0 saturated carbocycles. The van der Waals surface area contributed by atoms with Crippen molar-refractivity contribution in [3.05, 3.63) is 70.6 Å². The van der Waals surface area contributed by atoms with Crippen LogP contribution in [0.3, 0.4) is 0 Å². The zero-order valence-electron chi connectivity index (χ0n) is 15.1. The Balaban J connectivity index is 1.69. The molecule has 0 amide bonds. The number of pyridine rings is 2. The molecule has 6 heteroatoms. The number of benzene rings is 2. The Bertz CT molecular complexity index is 1180. The Labute approximate surface area is 155 Å². The van der Waals surface area contributed by atoms with E-state index in [-0.39, 0.29) is 5.56 Å². The Morgan fingerprint density at radius 2 is 1.85 bits per heavy atom. The number of aromatic nitrogens is 2. The molecule has 0 saturated heterocycles. The minimum atomic E-state index is -0.138. The maximum atomic E-state index is 12.5. The second kappa shape index (κ2) is 6.99. The molecule has 0 aliphatic heterocycles. The Hall–Kier alpha value is -3.54. The third kappa shape index (κ3) is 3.17. The predicted octanol–water partition coefficient (Wildman–Crippen LogP) is 3.71. The highest BCUT2D eigenvalue weighted by Gasteiger charge is 2.10. The van der Waals surface area contributed by atoms with E-state index >= 15 is 0 Å². The molecule has 2 aromatic heterocycles. The number of aromatic amines is 1. The van der Waals surface area contributed by atoms with Crippen molar-refractivity contribution in [3.8, 4) is 11.5 Å². The van der Waals surface area contributed by atoms with E-state index in [1.165, 1.54) is 0 Å². The van der Waals surface area contributed by atoms with E-state index in [4.69, 9.17) is 9.47 Å². The van der Waals surface area contributed by atoms with Crippen LogP contribution in [-0.4, -0.2) is 24.2 Å². The normalized spacial score (nSPS) is 10.9. The lowest BCUT2D eigenvalue weighted by atomic mass is 10.1. The molecule has 0 spiro atoms. The lowest BCUT2D eigenvalue weighted by molar-refractivity contribution is 0.356. The largest absolute Gasteiger partial charge is 0.493 e. The van der Waals surface area contributed by atoms with Crippen molar-refractivity contribution in [2.75, 3.05) is 19.5 Å². The summed E-state index contributed by atoms with van der Waals surface area (Å²) in [6, 6.07) is 15.3. The first kappa shape index (κ1) is 16.9. The minimum absolute atomic E-state index is 0.138. The number of rotatable bonds is 5. The van der Waals surface area contributed by atoms with Crippen LogP contribution in [0.1, 0.15) is 5.56 Å². The fraction of sp³-hybridized carbons (Fsp3) is 0.143. The van der Waals surface area contributed by atoms with Gasteiger partial charge >= 0.3 is 0 Å². The van der Waals surface area contributed by atoms with Crippen LogP contribution in [0, 0.1) is 0 Å². The number of anilines is 1. The number of nitrogens with zero attached hydrogens (tertiary/aromatic N) is 1. The highest BCUT2D eigenvalue weighted by atomic mass is 16.5. The molecule has 0 atom stereocenters. The van der Waals surface area contributed by atoms with Crippen molar-refractivity contribution >= 4 is 27.5 Å². The SMILES string of the molecule is COc1cc2cc(CNc3cccc4ncccc34)c(=O)[nH]c2cc1OC. The number of H-pyrrole nitrogens is 1. The Kier molecular flexibility index (Phi) is 4.38. The van der Waals surface area contributed by atoms with E-state index in [1.807, 2.05) is 42.5 Å². The standard InChI is InChI=1S/C21H19N3O3/c1-26-19-10-13-9-14(21(25)24-18(13)11-20(19)27-2)12-23-17-7-3-6-16-15(17)5-4-8-22-16/h3-11,23H,12H2,1-2H3,(H,24,25). The lowest BCUT2D eigenvalue weighted by Crippen LogP contribution is -2.15. The second-order valence-corrected chi connectivity index (χ2v) is 6.15. The van der Waals surface area contributed by atoms with Crippen molar-refractivity contribution in [1.82, 2.24) is 9.97 Å². The molecular formula is C21H19N3O3. The highest BCUT2D eigenvalue weighted by Crippen LogP contribution is 2.31. The van der Waals surface area contributed by atoms with Gasteiger partial charge in [0.2, 0.25) is 0 Å². The number of nitrogens with one attached hydrogen (secondary N) is 2. The topological polar surface area (TPSA) is 76.2 Å². The third-order valence-electron chi connectivity index (χ3n) is 4.54. The molecule has 6 nitrogen and oxygen atoms in total. The average Bonchev–Trinajstić information content (AvgIpc) is 2.71. The average molecular weight is 361 g/mol. The van der Waals surface area contributed by atoms with Crippen LogP contribution in [0.25, 0.3) is 21.8 Å². The predicted molar refractivity (Wildman–Crippen MR) is 107 cm³/mol. The van der Waals surface area contributed by atoms with Crippen LogP contribution < -0.4 is 20.3 Å². The van der Waals surface area contributed by atoms with Crippen molar-refractivity contribution in [1.29, 1.82) is 0 Å². The highest BCUT2D eigenvalue weighted by molar-refractivity contribution is 5.91. The second-order valence-electron chi connectivity index (χ2n) is 6.15. The summed E-state index contributed by atoms with van der Waals surface area (Å²) in [5, 5.41) is 5.24. The number of hydrogen-bond acceptors (Lipinski definition) is 5. The van der Waals surface area contributed by atoms with Gasteiger partial charge < -0.3 is 19.8 Å². The fourth-order valence-electron chi connectivity index (χ4n) is 3.16. The van der Waals surface area contributed by atoms with Crippen molar-refractivity contribution in [3.63, 3.8) is 0 Å². The van der Waals surface area contributed by atoms with Crippen LogP contribution in [0.2, 0.25) is 0 Å². The molecule has 0 fully saturated rings.